The SMILES string of the molecule is COc1ccccc1S(=O)(=O)C(=[N+]=[N-])C1(S(=O)[O-])CCCC1. The molecule has 0 bridgehead atoms. The number of rotatable bonds is 4. The lowest BCUT2D eigenvalue weighted by Gasteiger charge is -2.26. The first-order chi connectivity index (χ1) is 10.4. The van der Waals surface area contributed by atoms with E-state index >= 15 is 0 Å². The lowest BCUT2D eigenvalue weighted by atomic mass is 10.1. The van der Waals surface area contributed by atoms with Gasteiger partial charge in [-0.2, -0.15) is 4.79 Å². The maximum atomic E-state index is 12.8. The fourth-order valence-corrected chi connectivity index (χ4v) is 5.75. The molecule has 7 nitrogen and oxygen atoms in total. The summed E-state index contributed by atoms with van der Waals surface area (Å²) in [6.45, 7) is 0. The predicted molar refractivity (Wildman–Crippen MR) is 78.9 cm³/mol. The Hall–Kier alpha value is -1.54. The van der Waals surface area contributed by atoms with Crippen LogP contribution in [0.15, 0.2) is 29.2 Å². The molecule has 0 amide bonds. The van der Waals surface area contributed by atoms with Crippen LogP contribution in [-0.2, 0) is 20.9 Å². The molecule has 1 aromatic rings. The van der Waals surface area contributed by atoms with Crippen LogP contribution >= 0.6 is 0 Å². The Morgan fingerprint density at radius 1 is 1.36 bits per heavy atom. The van der Waals surface area contributed by atoms with E-state index in [0.29, 0.717) is 12.8 Å². The zero-order valence-corrected chi connectivity index (χ0v) is 13.5. The highest BCUT2D eigenvalue weighted by atomic mass is 32.2. The maximum absolute atomic E-state index is 12.8. The number of para-hydroxylation sites is 1. The van der Waals surface area contributed by atoms with Gasteiger partial charge in [0, 0.05) is 0 Å². The van der Waals surface area contributed by atoms with Crippen LogP contribution in [0.3, 0.4) is 0 Å². The van der Waals surface area contributed by atoms with Crippen molar-refractivity contribution >= 4 is 26.0 Å². The van der Waals surface area contributed by atoms with Gasteiger partial charge in [-0.1, -0.05) is 25.0 Å². The maximum Gasteiger partial charge on any atom is 0.403 e. The Morgan fingerprint density at radius 2 is 1.95 bits per heavy atom. The highest BCUT2D eigenvalue weighted by Gasteiger charge is 2.54. The molecule has 1 saturated carbocycles. The van der Waals surface area contributed by atoms with Crippen LogP contribution in [0.2, 0.25) is 0 Å². The molecule has 1 aromatic carbocycles. The van der Waals surface area contributed by atoms with Gasteiger partial charge in [0.15, 0.2) is 0 Å². The molecule has 0 N–H and O–H groups in total. The van der Waals surface area contributed by atoms with Gasteiger partial charge < -0.3 is 14.8 Å². The number of methoxy groups -OCH3 is 1. The van der Waals surface area contributed by atoms with E-state index in [9.17, 15) is 22.7 Å². The molecule has 22 heavy (non-hydrogen) atoms. The van der Waals surface area contributed by atoms with Crippen molar-refractivity contribution in [1.82, 2.24) is 0 Å². The second-order valence-electron chi connectivity index (χ2n) is 5.00. The molecule has 1 atom stereocenters. The predicted octanol–water partition coefficient (Wildman–Crippen LogP) is 1.29. The molecule has 0 radical (unpaired) electrons. The minimum Gasteiger partial charge on any atom is -0.771 e. The zero-order valence-electron chi connectivity index (χ0n) is 11.9. The summed E-state index contributed by atoms with van der Waals surface area (Å²) in [7, 11) is -2.99. The Balaban J connectivity index is 2.65. The molecule has 0 saturated heterocycles. The molecule has 0 aromatic heterocycles. The third kappa shape index (κ3) is 2.61. The number of hydrogen-bond acceptors (Lipinski definition) is 5. The first-order valence-electron chi connectivity index (χ1n) is 6.60. The summed E-state index contributed by atoms with van der Waals surface area (Å²) in [5, 5.41) is -0.740. The van der Waals surface area contributed by atoms with Crippen LogP contribution < -0.4 is 4.74 Å². The van der Waals surface area contributed by atoms with Gasteiger partial charge in [0.05, 0.1) is 7.11 Å². The lowest BCUT2D eigenvalue weighted by Crippen LogP contribution is -2.45. The van der Waals surface area contributed by atoms with E-state index < -0.39 is 30.7 Å². The summed E-state index contributed by atoms with van der Waals surface area (Å²) in [4.78, 5) is 2.65. The molecule has 9 heteroatoms. The number of ether oxygens (including phenoxy) is 1. The molecule has 2 rings (SSSR count). The van der Waals surface area contributed by atoms with Crippen LogP contribution in [0.1, 0.15) is 25.7 Å². The molecule has 120 valence electrons. The van der Waals surface area contributed by atoms with Gasteiger partial charge in [0.1, 0.15) is 15.4 Å². The average Bonchev–Trinajstić information content (AvgIpc) is 2.98. The number of nitrogens with zero attached hydrogens (tertiary/aromatic N) is 2. The van der Waals surface area contributed by atoms with Crippen LogP contribution in [0.4, 0.5) is 0 Å². The summed E-state index contributed by atoms with van der Waals surface area (Å²) in [6.07, 6.45) is 1.32. The van der Waals surface area contributed by atoms with Gasteiger partial charge in [0.2, 0.25) is 0 Å². The number of hydrogen-bond donors (Lipinski definition) is 0. The van der Waals surface area contributed by atoms with Gasteiger partial charge in [-0.15, -0.1) is 0 Å². The Labute approximate surface area is 131 Å². The summed E-state index contributed by atoms with van der Waals surface area (Å²) < 4.78 is 52.3. The second-order valence-corrected chi connectivity index (χ2v) is 8.08. The molecule has 0 heterocycles. The van der Waals surface area contributed by atoms with E-state index in [1.807, 2.05) is 0 Å². The Bertz CT molecular complexity index is 747. The summed E-state index contributed by atoms with van der Waals surface area (Å²) in [6, 6.07) is 5.80. The van der Waals surface area contributed by atoms with Crippen LogP contribution in [0.25, 0.3) is 5.53 Å². The highest BCUT2D eigenvalue weighted by Crippen LogP contribution is 2.39. The molecular formula is C13H15N2O5S2-. The smallest absolute Gasteiger partial charge is 0.403 e. The van der Waals surface area contributed by atoms with Crippen LogP contribution in [0.5, 0.6) is 5.75 Å². The van der Waals surface area contributed by atoms with E-state index in [2.05, 4.69) is 4.79 Å². The first-order valence-corrected chi connectivity index (χ1v) is 9.16. The molecule has 1 fully saturated rings. The Morgan fingerprint density at radius 3 is 2.45 bits per heavy atom. The van der Waals surface area contributed by atoms with Crippen molar-refractivity contribution in [2.45, 2.75) is 35.3 Å². The van der Waals surface area contributed by atoms with Crippen LogP contribution in [0, 0.1) is 0 Å². The number of benzene rings is 1. The van der Waals surface area contributed by atoms with Crippen molar-refractivity contribution in [3.05, 3.63) is 29.8 Å². The molecule has 1 unspecified atom stereocenters. The number of sulfone groups is 1. The van der Waals surface area contributed by atoms with Gasteiger partial charge in [-0.25, -0.2) is 8.42 Å². The van der Waals surface area contributed by atoms with E-state index in [4.69, 9.17) is 4.74 Å². The van der Waals surface area contributed by atoms with Crippen molar-refractivity contribution in [3.63, 3.8) is 0 Å². The van der Waals surface area contributed by atoms with Gasteiger partial charge >= 0.3 is 5.04 Å². The fraction of sp³-hybridized carbons (Fsp3) is 0.462. The monoisotopic (exact) mass is 343 g/mol. The topological polar surface area (TPSA) is 120 Å². The van der Waals surface area contributed by atoms with Gasteiger partial charge in [-0.3, -0.25) is 4.21 Å². The van der Waals surface area contributed by atoms with E-state index in [-0.39, 0.29) is 23.5 Å². The van der Waals surface area contributed by atoms with Crippen molar-refractivity contribution in [3.8, 4) is 5.75 Å². The minimum absolute atomic E-state index is 0.0634. The molecule has 0 spiro atoms. The average molecular weight is 343 g/mol. The zero-order chi connectivity index (χ0) is 16.4. The van der Waals surface area contributed by atoms with E-state index in [1.165, 1.54) is 25.3 Å². The third-order valence-corrected chi connectivity index (χ3v) is 7.09. The Kier molecular flexibility index (Phi) is 4.81. The van der Waals surface area contributed by atoms with Gasteiger partial charge in [0.25, 0.3) is 9.84 Å². The van der Waals surface area contributed by atoms with E-state index in [1.54, 1.807) is 6.07 Å². The summed E-state index contributed by atoms with van der Waals surface area (Å²) >= 11 is -2.72. The van der Waals surface area contributed by atoms with Crippen molar-refractivity contribution in [2.24, 2.45) is 0 Å². The molecule has 1 aliphatic carbocycles. The molecule has 1 aliphatic rings. The summed E-state index contributed by atoms with van der Waals surface area (Å²) in [5.41, 5.74) is 9.26. The van der Waals surface area contributed by atoms with Crippen molar-refractivity contribution in [1.29, 1.82) is 0 Å². The normalized spacial score (nSPS) is 18.5. The minimum atomic E-state index is -4.30. The standard InChI is InChI=1S/C13H16N2O5S2/c1-20-10-6-2-3-7-11(10)22(18,19)12(15-14)13(21(16)17)8-4-5-9-13/h2-3,6-7H,4-5,8-9H2,1H3,(H,16,17)/p-1. The largest absolute Gasteiger partial charge is 0.771 e. The van der Waals surface area contributed by atoms with Crippen molar-refractivity contribution < 1.29 is 26.7 Å². The third-order valence-electron chi connectivity index (χ3n) is 3.82. The second kappa shape index (κ2) is 6.29. The highest BCUT2D eigenvalue weighted by molar-refractivity contribution is 8.08. The van der Waals surface area contributed by atoms with Crippen molar-refractivity contribution in [2.75, 3.05) is 7.11 Å². The first kappa shape index (κ1) is 16.8. The molecule has 0 aliphatic heterocycles. The quantitative estimate of drug-likeness (QED) is 0.268. The van der Waals surface area contributed by atoms with Gasteiger partial charge in [-0.05, 0) is 36.1 Å². The summed E-state index contributed by atoms with van der Waals surface area (Å²) in [5.74, 6) is 0.0634. The van der Waals surface area contributed by atoms with E-state index in [0.717, 1.165) is 0 Å². The molecular weight excluding hydrogens is 328 g/mol. The lowest BCUT2D eigenvalue weighted by molar-refractivity contribution is -0.00619. The fourth-order valence-electron chi connectivity index (χ4n) is 2.73. The van der Waals surface area contributed by atoms with Crippen LogP contribution in [-0.4, -0.2) is 38.9 Å².